The third kappa shape index (κ3) is 6.99. The largest absolute Gasteiger partial charge is 0.484 e. The van der Waals surface area contributed by atoms with Crippen molar-refractivity contribution in [3.63, 3.8) is 0 Å². The molecule has 1 heterocycles. The van der Waals surface area contributed by atoms with Gasteiger partial charge in [0.25, 0.3) is 11.8 Å². The Balaban J connectivity index is 1.43. The average molecular weight is 446 g/mol. The van der Waals surface area contributed by atoms with E-state index in [0.29, 0.717) is 42.9 Å². The van der Waals surface area contributed by atoms with Gasteiger partial charge in [0.2, 0.25) is 10.0 Å². The first kappa shape index (κ1) is 22.6. The first-order chi connectivity index (χ1) is 14.7. The zero-order valence-corrected chi connectivity index (χ0v) is 18.4. The molecular formula is C22H27N3O5S. The Morgan fingerprint density at radius 3 is 2.23 bits per heavy atom. The van der Waals surface area contributed by atoms with Crippen LogP contribution in [0.4, 0.5) is 5.69 Å². The summed E-state index contributed by atoms with van der Waals surface area (Å²) in [6.45, 7) is 3.09. The second-order valence-corrected chi connectivity index (χ2v) is 9.43. The molecule has 2 N–H and O–H groups in total. The van der Waals surface area contributed by atoms with Gasteiger partial charge in [-0.2, -0.15) is 0 Å². The van der Waals surface area contributed by atoms with Crippen LogP contribution < -0.4 is 14.8 Å². The molecular weight excluding hydrogens is 418 g/mol. The molecule has 0 unspecified atom stereocenters. The minimum atomic E-state index is -3.36. The predicted octanol–water partition coefficient (Wildman–Crippen LogP) is 2.17. The number of nitrogens with one attached hydrogen (secondary N) is 2. The topological polar surface area (TPSA) is 105 Å². The first-order valence-electron chi connectivity index (χ1n) is 10.1. The van der Waals surface area contributed by atoms with E-state index in [1.165, 1.54) is 0 Å². The third-order valence-corrected chi connectivity index (χ3v) is 5.62. The molecule has 0 bridgehead atoms. The van der Waals surface area contributed by atoms with Crippen LogP contribution in [0.5, 0.6) is 5.75 Å². The van der Waals surface area contributed by atoms with Crippen LogP contribution in [-0.4, -0.2) is 57.1 Å². The molecule has 0 saturated carbocycles. The van der Waals surface area contributed by atoms with Crippen LogP contribution in [0.2, 0.25) is 0 Å². The van der Waals surface area contributed by atoms with Gasteiger partial charge in [0.1, 0.15) is 5.75 Å². The van der Waals surface area contributed by atoms with E-state index in [4.69, 9.17) is 4.74 Å². The number of carbonyl (C=O) groups excluding carboxylic acids is 2. The Labute approximate surface area is 182 Å². The summed E-state index contributed by atoms with van der Waals surface area (Å²) in [6.07, 6.45) is 2.39. The van der Waals surface area contributed by atoms with Crippen LogP contribution in [0.1, 0.15) is 28.8 Å². The lowest BCUT2D eigenvalue weighted by atomic mass is 10.0. The number of likely N-dealkylation sites (tertiary alicyclic amines) is 1. The monoisotopic (exact) mass is 445 g/mol. The van der Waals surface area contributed by atoms with Crippen molar-refractivity contribution in [3.8, 4) is 5.75 Å². The zero-order chi connectivity index (χ0) is 22.4. The van der Waals surface area contributed by atoms with Gasteiger partial charge < -0.3 is 15.0 Å². The number of rotatable bonds is 7. The highest BCUT2D eigenvalue weighted by atomic mass is 32.2. The summed E-state index contributed by atoms with van der Waals surface area (Å²) in [5, 5.41) is 2.98. The molecule has 9 heteroatoms. The number of carbonyl (C=O) groups is 2. The highest BCUT2D eigenvalue weighted by Crippen LogP contribution is 2.15. The summed E-state index contributed by atoms with van der Waals surface area (Å²) < 4.78 is 30.4. The standard InChI is InChI=1S/C22H27N3O5S/c1-16-3-9-20(10-4-16)30-15-21(26)25-13-11-18(12-14-25)23-22(27)17-5-7-19(8-6-17)24-31(2,28)29/h3-10,18,24H,11-15H2,1-2H3,(H,23,27). The van der Waals surface area contributed by atoms with Gasteiger partial charge in [0, 0.05) is 30.4 Å². The number of benzene rings is 2. The van der Waals surface area contributed by atoms with Gasteiger partial charge in [-0.3, -0.25) is 14.3 Å². The molecule has 0 atom stereocenters. The fourth-order valence-electron chi connectivity index (χ4n) is 3.32. The second-order valence-electron chi connectivity index (χ2n) is 7.68. The fraction of sp³-hybridized carbons (Fsp3) is 0.364. The summed E-state index contributed by atoms with van der Waals surface area (Å²) in [6, 6.07) is 13.8. The van der Waals surface area contributed by atoms with E-state index in [9.17, 15) is 18.0 Å². The number of sulfonamides is 1. The van der Waals surface area contributed by atoms with E-state index in [-0.39, 0.29) is 24.5 Å². The van der Waals surface area contributed by atoms with Crippen molar-refractivity contribution in [2.24, 2.45) is 0 Å². The van der Waals surface area contributed by atoms with Gasteiger partial charge in [-0.1, -0.05) is 17.7 Å². The van der Waals surface area contributed by atoms with Crippen LogP contribution in [-0.2, 0) is 14.8 Å². The second kappa shape index (κ2) is 9.82. The summed E-state index contributed by atoms with van der Waals surface area (Å²) in [7, 11) is -3.36. The number of hydrogen-bond donors (Lipinski definition) is 2. The van der Waals surface area contributed by atoms with E-state index in [1.54, 1.807) is 29.2 Å². The minimum absolute atomic E-state index is 0.00600. The molecule has 166 valence electrons. The van der Waals surface area contributed by atoms with Gasteiger partial charge in [-0.15, -0.1) is 0 Å². The lowest BCUT2D eigenvalue weighted by Crippen LogP contribution is -2.47. The van der Waals surface area contributed by atoms with Crippen molar-refractivity contribution >= 4 is 27.5 Å². The predicted molar refractivity (Wildman–Crippen MR) is 119 cm³/mol. The summed E-state index contributed by atoms with van der Waals surface area (Å²) >= 11 is 0. The molecule has 1 aliphatic rings. The Kier molecular flexibility index (Phi) is 7.17. The molecule has 2 aromatic carbocycles. The highest BCUT2D eigenvalue weighted by Gasteiger charge is 2.24. The molecule has 0 spiro atoms. The summed E-state index contributed by atoms with van der Waals surface area (Å²) in [5.41, 5.74) is 1.98. The third-order valence-electron chi connectivity index (χ3n) is 5.02. The molecule has 1 fully saturated rings. The fourth-order valence-corrected chi connectivity index (χ4v) is 3.88. The molecule has 2 aromatic rings. The normalized spacial score (nSPS) is 14.7. The molecule has 2 amide bonds. The van der Waals surface area contributed by atoms with Crippen molar-refractivity contribution in [1.82, 2.24) is 10.2 Å². The molecule has 8 nitrogen and oxygen atoms in total. The first-order valence-corrected chi connectivity index (χ1v) is 11.9. The Bertz CT molecular complexity index is 1010. The van der Waals surface area contributed by atoms with Gasteiger partial charge in [-0.05, 0) is 56.2 Å². The quantitative estimate of drug-likeness (QED) is 0.680. The van der Waals surface area contributed by atoms with Crippen molar-refractivity contribution in [2.75, 3.05) is 30.7 Å². The average Bonchev–Trinajstić information content (AvgIpc) is 2.73. The lowest BCUT2D eigenvalue weighted by Gasteiger charge is -2.32. The van der Waals surface area contributed by atoms with E-state index in [0.717, 1.165) is 11.8 Å². The molecule has 3 rings (SSSR count). The van der Waals surface area contributed by atoms with Crippen molar-refractivity contribution < 1.29 is 22.7 Å². The number of amides is 2. The number of hydrogen-bond acceptors (Lipinski definition) is 5. The Morgan fingerprint density at radius 2 is 1.65 bits per heavy atom. The van der Waals surface area contributed by atoms with E-state index in [2.05, 4.69) is 10.0 Å². The van der Waals surface area contributed by atoms with Crippen LogP contribution in [0, 0.1) is 6.92 Å². The maximum Gasteiger partial charge on any atom is 0.260 e. The van der Waals surface area contributed by atoms with Crippen LogP contribution >= 0.6 is 0 Å². The van der Waals surface area contributed by atoms with Gasteiger partial charge in [-0.25, -0.2) is 8.42 Å². The van der Waals surface area contributed by atoms with E-state index in [1.807, 2.05) is 31.2 Å². The Hall–Kier alpha value is -3.07. The lowest BCUT2D eigenvalue weighted by molar-refractivity contribution is -0.134. The van der Waals surface area contributed by atoms with Crippen molar-refractivity contribution in [2.45, 2.75) is 25.8 Å². The minimum Gasteiger partial charge on any atom is -0.484 e. The molecule has 31 heavy (non-hydrogen) atoms. The molecule has 0 aliphatic carbocycles. The smallest absolute Gasteiger partial charge is 0.260 e. The van der Waals surface area contributed by atoms with Crippen molar-refractivity contribution in [3.05, 3.63) is 59.7 Å². The van der Waals surface area contributed by atoms with Crippen LogP contribution in [0.3, 0.4) is 0 Å². The van der Waals surface area contributed by atoms with E-state index < -0.39 is 10.0 Å². The number of ether oxygens (including phenoxy) is 1. The highest BCUT2D eigenvalue weighted by molar-refractivity contribution is 7.92. The zero-order valence-electron chi connectivity index (χ0n) is 17.6. The van der Waals surface area contributed by atoms with Crippen LogP contribution in [0.15, 0.2) is 48.5 Å². The maximum absolute atomic E-state index is 12.5. The number of anilines is 1. The SMILES string of the molecule is Cc1ccc(OCC(=O)N2CCC(NC(=O)c3ccc(NS(C)(=O)=O)cc3)CC2)cc1. The number of piperidine rings is 1. The Morgan fingerprint density at radius 1 is 1.03 bits per heavy atom. The number of nitrogens with zero attached hydrogens (tertiary/aromatic N) is 1. The molecule has 0 radical (unpaired) electrons. The molecule has 1 aliphatic heterocycles. The molecule has 1 saturated heterocycles. The van der Waals surface area contributed by atoms with Gasteiger partial charge >= 0.3 is 0 Å². The van der Waals surface area contributed by atoms with Crippen molar-refractivity contribution in [1.29, 1.82) is 0 Å². The molecule has 0 aromatic heterocycles. The summed E-state index contributed by atoms with van der Waals surface area (Å²) in [4.78, 5) is 26.6. The van der Waals surface area contributed by atoms with Gasteiger partial charge in [0.05, 0.1) is 6.26 Å². The van der Waals surface area contributed by atoms with Crippen LogP contribution in [0.25, 0.3) is 0 Å². The van der Waals surface area contributed by atoms with E-state index >= 15 is 0 Å². The maximum atomic E-state index is 12.5. The number of aryl methyl sites for hydroxylation is 1. The summed E-state index contributed by atoms with van der Waals surface area (Å²) in [5.74, 6) is 0.372. The van der Waals surface area contributed by atoms with Gasteiger partial charge in [0.15, 0.2) is 6.61 Å².